The normalized spacial score (nSPS) is 24.1. The summed E-state index contributed by atoms with van der Waals surface area (Å²) in [4.78, 5) is 16.4. The first-order valence-electron chi connectivity index (χ1n) is 6.11. The quantitative estimate of drug-likeness (QED) is 0.790. The number of ether oxygens (including phenoxy) is 1. The Kier molecular flexibility index (Phi) is 3.62. The Morgan fingerprint density at radius 2 is 2.11 bits per heavy atom. The Labute approximate surface area is 116 Å². The van der Waals surface area contributed by atoms with Gasteiger partial charge in [0.15, 0.2) is 11.3 Å². The largest absolute Gasteiger partial charge is 0.333 e. The molecular weight excluding hydrogens is 258 g/mol. The molecule has 1 aliphatic carbocycles. The molecule has 1 heterocycles. The number of carbonyl (C=O) groups is 1. The van der Waals surface area contributed by atoms with Gasteiger partial charge < -0.3 is 4.74 Å². The van der Waals surface area contributed by atoms with Crippen LogP contribution in [0.15, 0.2) is 59.6 Å². The molecule has 0 bridgehead atoms. The number of rotatable bonds is 4. The van der Waals surface area contributed by atoms with Crippen LogP contribution in [0, 0.1) is 0 Å². The van der Waals surface area contributed by atoms with Gasteiger partial charge in [0, 0.05) is 5.56 Å². The molecule has 1 aliphatic heterocycles. The van der Waals surface area contributed by atoms with E-state index in [1.165, 1.54) is 11.8 Å². The maximum atomic E-state index is 12.0. The van der Waals surface area contributed by atoms with Gasteiger partial charge in [0.05, 0.1) is 11.5 Å². The average Bonchev–Trinajstić information content (AvgIpc) is 2.88. The summed E-state index contributed by atoms with van der Waals surface area (Å²) in [6.07, 6.45) is 7.77. The van der Waals surface area contributed by atoms with Crippen LogP contribution in [0.1, 0.15) is 10.4 Å². The summed E-state index contributed by atoms with van der Waals surface area (Å²) in [7, 11) is 0. The van der Waals surface area contributed by atoms with Gasteiger partial charge in [-0.25, -0.2) is 4.99 Å². The average molecular weight is 271 g/mol. The minimum Gasteiger partial charge on any atom is -0.333 e. The molecule has 2 unspecified atom stereocenters. The smallest absolute Gasteiger partial charge is 0.198 e. The molecule has 0 spiro atoms. The number of allylic oxidation sites excluding steroid dienone is 2. The van der Waals surface area contributed by atoms with Gasteiger partial charge in [-0.05, 0) is 12.2 Å². The van der Waals surface area contributed by atoms with Crippen molar-refractivity contribution < 1.29 is 9.53 Å². The van der Waals surface area contributed by atoms with Crippen molar-refractivity contribution in [1.82, 2.24) is 0 Å². The highest BCUT2D eigenvalue weighted by Gasteiger charge is 2.27. The number of hydrogen-bond donors (Lipinski definition) is 0. The van der Waals surface area contributed by atoms with Crippen molar-refractivity contribution in [3.8, 4) is 0 Å². The Hall–Kier alpha value is -1.65. The highest BCUT2D eigenvalue weighted by atomic mass is 32.2. The lowest BCUT2D eigenvalue weighted by Gasteiger charge is -2.10. The highest BCUT2D eigenvalue weighted by Crippen LogP contribution is 2.26. The number of thioether (sulfide) groups is 1. The van der Waals surface area contributed by atoms with E-state index >= 15 is 0 Å². The van der Waals surface area contributed by atoms with Crippen LogP contribution in [-0.4, -0.2) is 28.9 Å². The first kappa shape index (κ1) is 12.4. The van der Waals surface area contributed by atoms with Gasteiger partial charge in [-0.3, -0.25) is 4.79 Å². The predicted octanol–water partition coefficient (Wildman–Crippen LogP) is 2.85. The third-order valence-electron chi connectivity index (χ3n) is 2.93. The zero-order chi connectivity index (χ0) is 13.1. The van der Waals surface area contributed by atoms with Crippen LogP contribution in [0.4, 0.5) is 0 Å². The molecule has 1 aromatic rings. The lowest BCUT2D eigenvalue weighted by atomic mass is 10.1. The first-order chi connectivity index (χ1) is 9.33. The van der Waals surface area contributed by atoms with Crippen molar-refractivity contribution >= 4 is 23.3 Å². The second kappa shape index (κ2) is 5.55. The molecule has 0 saturated carbocycles. The van der Waals surface area contributed by atoms with Crippen LogP contribution >= 0.6 is 11.8 Å². The molecule has 4 heteroatoms. The molecule has 0 radical (unpaired) electrons. The van der Waals surface area contributed by atoms with E-state index in [9.17, 15) is 4.79 Å². The molecule has 0 saturated heterocycles. The molecule has 0 N–H and O–H groups in total. The molecular formula is C15H13NO2S. The highest BCUT2D eigenvalue weighted by molar-refractivity contribution is 8.00. The Bertz CT molecular complexity index is 563. The SMILES string of the molecule is O=C(CSC1N=C2C=CC=CC2O1)c1ccccc1. The van der Waals surface area contributed by atoms with Crippen molar-refractivity contribution in [3.63, 3.8) is 0 Å². The van der Waals surface area contributed by atoms with E-state index < -0.39 is 0 Å². The van der Waals surface area contributed by atoms with Gasteiger partial charge in [0.25, 0.3) is 0 Å². The predicted molar refractivity (Wildman–Crippen MR) is 77.6 cm³/mol. The van der Waals surface area contributed by atoms with Gasteiger partial charge in [-0.15, -0.1) is 0 Å². The molecule has 0 aromatic heterocycles. The number of nitrogens with zero attached hydrogens (tertiary/aromatic N) is 1. The summed E-state index contributed by atoms with van der Waals surface area (Å²) in [6.45, 7) is 0. The molecule has 0 amide bonds. The molecule has 19 heavy (non-hydrogen) atoms. The van der Waals surface area contributed by atoms with Crippen LogP contribution in [0.5, 0.6) is 0 Å². The zero-order valence-electron chi connectivity index (χ0n) is 10.2. The topological polar surface area (TPSA) is 38.7 Å². The number of ketones is 1. The van der Waals surface area contributed by atoms with Crippen molar-refractivity contribution in [3.05, 3.63) is 60.2 Å². The Morgan fingerprint density at radius 1 is 1.26 bits per heavy atom. The van der Waals surface area contributed by atoms with E-state index in [2.05, 4.69) is 4.99 Å². The van der Waals surface area contributed by atoms with E-state index in [1.807, 2.05) is 54.6 Å². The van der Waals surface area contributed by atoms with Crippen molar-refractivity contribution in [2.24, 2.45) is 4.99 Å². The number of fused-ring (bicyclic) bond motifs is 1. The second-order valence-corrected chi connectivity index (χ2v) is 5.29. The van der Waals surface area contributed by atoms with Crippen LogP contribution in [0.2, 0.25) is 0 Å². The van der Waals surface area contributed by atoms with E-state index in [4.69, 9.17) is 4.74 Å². The van der Waals surface area contributed by atoms with E-state index in [0.717, 1.165) is 11.3 Å². The lowest BCUT2D eigenvalue weighted by Crippen LogP contribution is -2.16. The van der Waals surface area contributed by atoms with Gasteiger partial charge in [-0.2, -0.15) is 0 Å². The molecule has 3 rings (SSSR count). The lowest BCUT2D eigenvalue weighted by molar-refractivity contribution is 0.101. The third-order valence-corrected chi connectivity index (χ3v) is 3.86. The minimum atomic E-state index is -0.278. The number of aliphatic imine (C=N–C) groups is 1. The molecule has 2 aliphatic rings. The van der Waals surface area contributed by atoms with Crippen molar-refractivity contribution in [1.29, 1.82) is 0 Å². The van der Waals surface area contributed by atoms with E-state index in [-0.39, 0.29) is 17.4 Å². The molecule has 96 valence electrons. The number of benzene rings is 1. The van der Waals surface area contributed by atoms with E-state index in [1.54, 1.807) is 0 Å². The zero-order valence-corrected chi connectivity index (χ0v) is 11.0. The van der Waals surface area contributed by atoms with Gasteiger partial charge in [0.2, 0.25) is 0 Å². The molecule has 3 nitrogen and oxygen atoms in total. The first-order valence-corrected chi connectivity index (χ1v) is 7.16. The van der Waals surface area contributed by atoms with Gasteiger partial charge in [0.1, 0.15) is 6.10 Å². The molecule has 0 fully saturated rings. The van der Waals surface area contributed by atoms with Crippen molar-refractivity contribution in [2.45, 2.75) is 11.7 Å². The summed E-state index contributed by atoms with van der Waals surface area (Å²) < 4.78 is 5.72. The summed E-state index contributed by atoms with van der Waals surface area (Å²) in [5.41, 5.74) is 1.39. The summed E-state index contributed by atoms with van der Waals surface area (Å²) in [5.74, 6) is 0.487. The fourth-order valence-electron chi connectivity index (χ4n) is 1.95. The van der Waals surface area contributed by atoms with Crippen molar-refractivity contribution in [2.75, 3.05) is 5.75 Å². The van der Waals surface area contributed by atoms with Crippen LogP contribution in [0.3, 0.4) is 0 Å². The standard InChI is InChI=1S/C15H13NO2S/c17-13(11-6-2-1-3-7-11)10-19-15-16-12-8-4-5-9-14(12)18-15/h1-9,14-15H,10H2. The third kappa shape index (κ3) is 2.85. The monoisotopic (exact) mass is 271 g/mol. The van der Waals surface area contributed by atoms with Crippen LogP contribution < -0.4 is 0 Å². The van der Waals surface area contributed by atoms with Gasteiger partial charge >= 0.3 is 0 Å². The molecule has 1 aromatic carbocycles. The number of hydrogen-bond acceptors (Lipinski definition) is 4. The Morgan fingerprint density at radius 3 is 2.89 bits per heavy atom. The van der Waals surface area contributed by atoms with Crippen LogP contribution in [-0.2, 0) is 4.74 Å². The Balaban J connectivity index is 1.57. The van der Waals surface area contributed by atoms with E-state index in [0.29, 0.717) is 5.75 Å². The van der Waals surface area contributed by atoms with Crippen LogP contribution in [0.25, 0.3) is 0 Å². The number of carbonyl (C=O) groups excluding carboxylic acids is 1. The maximum absolute atomic E-state index is 12.0. The number of Topliss-reactive ketones (excluding diaryl/α,β-unsaturated/α-hetero) is 1. The minimum absolute atomic E-state index is 0.0469. The summed E-state index contributed by atoms with van der Waals surface area (Å²) >= 11 is 1.43. The summed E-state index contributed by atoms with van der Waals surface area (Å²) in [6, 6.07) is 9.30. The fraction of sp³-hybridized carbons (Fsp3) is 0.200. The fourth-order valence-corrected chi connectivity index (χ4v) is 2.81. The molecule has 2 atom stereocenters. The maximum Gasteiger partial charge on any atom is 0.198 e. The summed E-state index contributed by atoms with van der Waals surface area (Å²) in [5, 5.41) is 0. The second-order valence-electron chi connectivity index (χ2n) is 4.26. The van der Waals surface area contributed by atoms with Gasteiger partial charge in [-0.1, -0.05) is 54.2 Å².